The second-order valence-electron chi connectivity index (χ2n) is 5.11. The number of urea groups is 1. The first kappa shape index (κ1) is 17.1. The Morgan fingerprint density at radius 2 is 1.86 bits per heavy atom. The summed E-state index contributed by atoms with van der Waals surface area (Å²) in [7, 11) is -3.61. The van der Waals surface area contributed by atoms with Crippen LogP contribution in [0.15, 0.2) is 29.2 Å². The number of nitrogens with zero attached hydrogens (tertiary/aromatic N) is 1. The van der Waals surface area contributed by atoms with Crippen molar-refractivity contribution in [3.63, 3.8) is 0 Å². The maximum absolute atomic E-state index is 12.1. The lowest BCUT2D eigenvalue weighted by atomic mass is 10.4. The minimum atomic E-state index is -3.61. The summed E-state index contributed by atoms with van der Waals surface area (Å²) in [5.41, 5.74) is 0. The Bertz CT molecular complexity index is 616. The first-order valence-corrected chi connectivity index (χ1v) is 9.14. The number of carbonyl (C=O) groups is 1. The Morgan fingerprint density at radius 1 is 1.18 bits per heavy atom. The van der Waals surface area contributed by atoms with Gasteiger partial charge >= 0.3 is 6.03 Å². The molecule has 2 rings (SSSR count). The van der Waals surface area contributed by atoms with Crippen molar-refractivity contribution in [1.29, 1.82) is 0 Å². The van der Waals surface area contributed by atoms with Gasteiger partial charge in [0.15, 0.2) is 0 Å². The SMILES string of the molecule is O=C(NCCCNS(=O)(=O)c1ccccc1Cl)N1CCCC1. The maximum atomic E-state index is 12.1. The third kappa shape index (κ3) is 4.59. The molecule has 1 fully saturated rings. The van der Waals surface area contributed by atoms with Crippen molar-refractivity contribution in [2.45, 2.75) is 24.2 Å². The fraction of sp³-hybridized carbons (Fsp3) is 0.500. The molecule has 0 unspecified atom stereocenters. The van der Waals surface area contributed by atoms with Crippen LogP contribution in [-0.4, -0.2) is 45.5 Å². The highest BCUT2D eigenvalue weighted by Crippen LogP contribution is 2.19. The van der Waals surface area contributed by atoms with Crippen molar-refractivity contribution < 1.29 is 13.2 Å². The zero-order chi connectivity index (χ0) is 16.0. The molecule has 0 atom stereocenters. The standard InChI is InChI=1S/C14H20ClN3O3S/c15-12-6-1-2-7-13(12)22(20,21)17-9-5-8-16-14(19)18-10-3-4-11-18/h1-2,6-7,17H,3-5,8-11H2,(H,16,19). The van der Waals surface area contributed by atoms with Crippen molar-refractivity contribution in [3.05, 3.63) is 29.3 Å². The molecule has 0 spiro atoms. The predicted octanol–water partition coefficient (Wildman–Crippen LogP) is 1.81. The normalized spacial score (nSPS) is 15.0. The highest BCUT2D eigenvalue weighted by Gasteiger charge is 2.18. The van der Waals surface area contributed by atoms with E-state index in [2.05, 4.69) is 10.0 Å². The summed E-state index contributed by atoms with van der Waals surface area (Å²) in [6.45, 7) is 2.27. The Labute approximate surface area is 135 Å². The number of carbonyl (C=O) groups excluding carboxylic acids is 1. The van der Waals surface area contributed by atoms with Crippen LogP contribution < -0.4 is 10.0 Å². The third-order valence-corrected chi connectivity index (χ3v) is 5.40. The Kier molecular flexibility index (Phi) is 6.05. The van der Waals surface area contributed by atoms with Crippen LogP contribution in [0.25, 0.3) is 0 Å². The van der Waals surface area contributed by atoms with Gasteiger partial charge in [0.25, 0.3) is 0 Å². The highest BCUT2D eigenvalue weighted by molar-refractivity contribution is 7.89. The van der Waals surface area contributed by atoms with E-state index < -0.39 is 10.0 Å². The number of likely N-dealkylation sites (tertiary alicyclic amines) is 1. The van der Waals surface area contributed by atoms with Crippen LogP contribution in [0, 0.1) is 0 Å². The number of amides is 2. The van der Waals surface area contributed by atoms with Crippen LogP contribution in [0.2, 0.25) is 5.02 Å². The molecule has 1 saturated heterocycles. The third-order valence-electron chi connectivity index (χ3n) is 3.44. The number of benzene rings is 1. The van der Waals surface area contributed by atoms with Gasteiger partial charge in [-0.05, 0) is 31.4 Å². The summed E-state index contributed by atoms with van der Waals surface area (Å²) in [5, 5.41) is 2.98. The van der Waals surface area contributed by atoms with E-state index in [0.717, 1.165) is 25.9 Å². The van der Waals surface area contributed by atoms with E-state index in [-0.39, 0.29) is 22.5 Å². The van der Waals surface area contributed by atoms with Crippen molar-refractivity contribution in [2.75, 3.05) is 26.2 Å². The summed E-state index contributed by atoms with van der Waals surface area (Å²) in [4.78, 5) is 13.6. The van der Waals surface area contributed by atoms with Crippen LogP contribution >= 0.6 is 11.6 Å². The van der Waals surface area contributed by atoms with Crippen molar-refractivity contribution in [3.8, 4) is 0 Å². The van der Waals surface area contributed by atoms with Crippen LogP contribution in [0.4, 0.5) is 4.79 Å². The van der Waals surface area contributed by atoms with E-state index in [1.807, 2.05) is 0 Å². The topological polar surface area (TPSA) is 78.5 Å². The lowest BCUT2D eigenvalue weighted by Crippen LogP contribution is -2.39. The lowest BCUT2D eigenvalue weighted by molar-refractivity contribution is 0.209. The zero-order valence-corrected chi connectivity index (χ0v) is 13.8. The van der Waals surface area contributed by atoms with Gasteiger partial charge in [0, 0.05) is 26.2 Å². The number of rotatable bonds is 6. The fourth-order valence-electron chi connectivity index (χ4n) is 2.26. The number of nitrogens with one attached hydrogen (secondary N) is 2. The molecule has 2 N–H and O–H groups in total. The molecule has 1 aromatic rings. The molecule has 0 aliphatic carbocycles. The predicted molar refractivity (Wildman–Crippen MR) is 85.5 cm³/mol. The first-order chi connectivity index (χ1) is 10.5. The van der Waals surface area contributed by atoms with Crippen LogP contribution in [0.5, 0.6) is 0 Å². The largest absolute Gasteiger partial charge is 0.338 e. The van der Waals surface area contributed by atoms with Gasteiger partial charge < -0.3 is 10.2 Å². The summed E-state index contributed by atoms with van der Waals surface area (Å²) in [6, 6.07) is 6.21. The van der Waals surface area contributed by atoms with Crippen molar-refractivity contribution >= 4 is 27.7 Å². The molecule has 8 heteroatoms. The summed E-state index contributed by atoms with van der Waals surface area (Å²) >= 11 is 5.88. The van der Waals surface area contributed by atoms with E-state index in [1.54, 1.807) is 17.0 Å². The lowest BCUT2D eigenvalue weighted by Gasteiger charge is -2.16. The van der Waals surface area contributed by atoms with E-state index in [9.17, 15) is 13.2 Å². The average Bonchev–Trinajstić information content (AvgIpc) is 3.01. The number of sulfonamides is 1. The van der Waals surface area contributed by atoms with Gasteiger partial charge in [-0.15, -0.1) is 0 Å². The number of hydrogen-bond donors (Lipinski definition) is 2. The number of hydrogen-bond acceptors (Lipinski definition) is 3. The Balaban J connectivity index is 1.72. The van der Waals surface area contributed by atoms with Gasteiger partial charge in [-0.2, -0.15) is 0 Å². The van der Waals surface area contributed by atoms with Gasteiger partial charge in [-0.1, -0.05) is 23.7 Å². The Morgan fingerprint density at radius 3 is 2.55 bits per heavy atom. The van der Waals surface area contributed by atoms with Crippen LogP contribution in [-0.2, 0) is 10.0 Å². The van der Waals surface area contributed by atoms with Crippen LogP contribution in [0.1, 0.15) is 19.3 Å². The van der Waals surface area contributed by atoms with Crippen molar-refractivity contribution in [1.82, 2.24) is 14.9 Å². The quantitative estimate of drug-likeness (QED) is 0.772. The molecular weight excluding hydrogens is 326 g/mol. The molecule has 2 amide bonds. The molecule has 1 aromatic carbocycles. The molecular formula is C14H20ClN3O3S. The maximum Gasteiger partial charge on any atom is 0.317 e. The highest BCUT2D eigenvalue weighted by atomic mass is 35.5. The number of halogens is 1. The van der Waals surface area contributed by atoms with Gasteiger partial charge in [-0.3, -0.25) is 0 Å². The molecule has 1 aliphatic heterocycles. The minimum absolute atomic E-state index is 0.0674. The molecule has 0 bridgehead atoms. The molecule has 0 saturated carbocycles. The molecule has 6 nitrogen and oxygen atoms in total. The summed E-state index contributed by atoms with van der Waals surface area (Å²) < 4.78 is 26.6. The van der Waals surface area contributed by atoms with Gasteiger partial charge in [0.2, 0.25) is 10.0 Å². The second kappa shape index (κ2) is 7.80. The van der Waals surface area contributed by atoms with E-state index >= 15 is 0 Å². The van der Waals surface area contributed by atoms with Gasteiger partial charge in [0.05, 0.1) is 5.02 Å². The molecule has 122 valence electrons. The molecule has 0 radical (unpaired) electrons. The average molecular weight is 346 g/mol. The molecule has 22 heavy (non-hydrogen) atoms. The first-order valence-electron chi connectivity index (χ1n) is 7.28. The molecule has 1 heterocycles. The summed E-state index contributed by atoms with van der Waals surface area (Å²) in [6.07, 6.45) is 2.61. The van der Waals surface area contributed by atoms with Gasteiger partial charge in [0.1, 0.15) is 4.90 Å². The Hall–Kier alpha value is -1.31. The van der Waals surface area contributed by atoms with Gasteiger partial charge in [-0.25, -0.2) is 17.9 Å². The van der Waals surface area contributed by atoms with Crippen LogP contribution in [0.3, 0.4) is 0 Å². The smallest absolute Gasteiger partial charge is 0.317 e. The fourth-order valence-corrected chi connectivity index (χ4v) is 3.85. The van der Waals surface area contributed by atoms with Crippen molar-refractivity contribution in [2.24, 2.45) is 0 Å². The minimum Gasteiger partial charge on any atom is -0.338 e. The van der Waals surface area contributed by atoms with E-state index in [0.29, 0.717) is 13.0 Å². The summed E-state index contributed by atoms with van der Waals surface area (Å²) in [5.74, 6) is 0. The van der Waals surface area contributed by atoms with E-state index in [4.69, 9.17) is 11.6 Å². The molecule has 0 aromatic heterocycles. The zero-order valence-electron chi connectivity index (χ0n) is 12.2. The monoisotopic (exact) mass is 345 g/mol. The second-order valence-corrected chi connectivity index (χ2v) is 7.25. The van der Waals surface area contributed by atoms with E-state index in [1.165, 1.54) is 12.1 Å². The molecule has 1 aliphatic rings.